The van der Waals surface area contributed by atoms with Gasteiger partial charge in [0.05, 0.1) is 12.2 Å². The summed E-state index contributed by atoms with van der Waals surface area (Å²) in [7, 11) is 0. The van der Waals surface area contributed by atoms with Crippen molar-refractivity contribution in [2.75, 3.05) is 6.61 Å². The van der Waals surface area contributed by atoms with Gasteiger partial charge in [-0.2, -0.15) is 13.2 Å². The third-order valence-electron chi connectivity index (χ3n) is 2.65. The molecule has 0 aliphatic carbocycles. The van der Waals surface area contributed by atoms with Crippen molar-refractivity contribution in [3.8, 4) is 0 Å². The summed E-state index contributed by atoms with van der Waals surface area (Å²) in [5, 5.41) is 3.14. The van der Waals surface area contributed by atoms with Crippen LogP contribution in [0.4, 0.5) is 13.2 Å². The maximum atomic E-state index is 12.5. The fourth-order valence-corrected chi connectivity index (χ4v) is 1.79. The van der Waals surface area contributed by atoms with Gasteiger partial charge in [0.1, 0.15) is 6.23 Å². The normalized spacial score (nSPS) is 22.6. The molecule has 2 nitrogen and oxygen atoms in total. The summed E-state index contributed by atoms with van der Waals surface area (Å²) < 4.78 is 43.1. The summed E-state index contributed by atoms with van der Waals surface area (Å²) in [4.78, 5) is 0. The Bertz CT molecular complexity index is 420. The molecule has 1 unspecified atom stereocenters. The van der Waals surface area contributed by atoms with Crippen molar-refractivity contribution < 1.29 is 17.9 Å². The van der Waals surface area contributed by atoms with Crippen LogP contribution in [0, 0.1) is 0 Å². The van der Waals surface area contributed by atoms with Crippen LogP contribution >= 0.6 is 12.4 Å². The Labute approximate surface area is 110 Å². The highest BCUT2D eigenvalue weighted by Crippen LogP contribution is 2.32. The maximum absolute atomic E-state index is 12.5. The molecule has 1 aliphatic rings. The molecule has 0 amide bonds. The molecule has 0 radical (unpaired) electrons. The van der Waals surface area contributed by atoms with Gasteiger partial charge < -0.3 is 4.74 Å². The summed E-state index contributed by atoms with van der Waals surface area (Å²) in [6.07, 6.45) is -4.78. The van der Waals surface area contributed by atoms with Gasteiger partial charge in [0.15, 0.2) is 0 Å². The van der Waals surface area contributed by atoms with Gasteiger partial charge in [-0.1, -0.05) is 12.1 Å². The standard InChI is InChI=1S/C12H14F3NO.ClH/c1-11(2)7-17-10(16-11)8-4-3-5-9(6-8)12(13,14)15;/h3-6,10,16H,7H2,1-2H3;1H. The van der Waals surface area contributed by atoms with E-state index in [1.807, 2.05) is 13.8 Å². The van der Waals surface area contributed by atoms with Crippen LogP contribution in [0.2, 0.25) is 0 Å². The molecule has 0 aromatic heterocycles. The van der Waals surface area contributed by atoms with Crippen molar-refractivity contribution in [2.24, 2.45) is 0 Å². The zero-order chi connectivity index (χ0) is 12.7. The second-order valence-electron chi connectivity index (χ2n) is 4.84. The van der Waals surface area contributed by atoms with Crippen LogP contribution in [0.5, 0.6) is 0 Å². The Morgan fingerprint density at radius 2 is 2.00 bits per heavy atom. The summed E-state index contributed by atoms with van der Waals surface area (Å²) in [6.45, 7) is 4.37. The van der Waals surface area contributed by atoms with Crippen molar-refractivity contribution in [2.45, 2.75) is 31.8 Å². The molecule has 0 spiro atoms. The van der Waals surface area contributed by atoms with Crippen LogP contribution in [0.3, 0.4) is 0 Å². The first kappa shape index (κ1) is 15.3. The Kier molecular flexibility index (Phi) is 4.30. The molecule has 102 valence electrons. The van der Waals surface area contributed by atoms with E-state index in [1.165, 1.54) is 6.07 Å². The topological polar surface area (TPSA) is 21.3 Å². The third-order valence-corrected chi connectivity index (χ3v) is 2.65. The average molecular weight is 282 g/mol. The summed E-state index contributed by atoms with van der Waals surface area (Å²) in [5.41, 5.74) is -0.352. The smallest absolute Gasteiger partial charge is 0.357 e. The number of nitrogens with one attached hydrogen (secondary N) is 1. The highest BCUT2D eigenvalue weighted by atomic mass is 35.5. The molecule has 6 heteroatoms. The van der Waals surface area contributed by atoms with Gasteiger partial charge >= 0.3 is 6.18 Å². The van der Waals surface area contributed by atoms with Crippen LogP contribution in [0.25, 0.3) is 0 Å². The Morgan fingerprint density at radius 3 is 2.50 bits per heavy atom. The first-order valence-electron chi connectivity index (χ1n) is 5.34. The van der Waals surface area contributed by atoms with Gasteiger partial charge in [0.2, 0.25) is 0 Å². The van der Waals surface area contributed by atoms with Gasteiger partial charge in [-0.15, -0.1) is 12.4 Å². The van der Waals surface area contributed by atoms with E-state index in [0.717, 1.165) is 12.1 Å². The lowest BCUT2D eigenvalue weighted by Crippen LogP contribution is -2.35. The molecule has 1 N–H and O–H groups in total. The number of ether oxygens (including phenoxy) is 1. The van der Waals surface area contributed by atoms with E-state index in [9.17, 15) is 13.2 Å². The number of rotatable bonds is 1. The molecule has 0 bridgehead atoms. The first-order chi connectivity index (χ1) is 7.78. The Hall–Kier alpha value is -0.780. The zero-order valence-corrected chi connectivity index (χ0v) is 10.9. The van der Waals surface area contributed by atoms with E-state index in [1.54, 1.807) is 6.07 Å². The fraction of sp³-hybridized carbons (Fsp3) is 0.500. The van der Waals surface area contributed by atoms with Gasteiger partial charge in [-0.05, 0) is 31.5 Å². The largest absolute Gasteiger partial charge is 0.416 e. The fourth-order valence-electron chi connectivity index (χ4n) is 1.79. The van der Waals surface area contributed by atoms with E-state index in [4.69, 9.17) is 4.74 Å². The van der Waals surface area contributed by atoms with Gasteiger partial charge in [-0.25, -0.2) is 0 Å². The molecule has 1 aliphatic heterocycles. The second kappa shape index (κ2) is 5.07. The number of halogens is 4. The molecule has 1 saturated heterocycles. The van der Waals surface area contributed by atoms with Crippen molar-refractivity contribution >= 4 is 12.4 Å². The average Bonchev–Trinajstić information content (AvgIpc) is 2.58. The summed E-state index contributed by atoms with van der Waals surface area (Å²) >= 11 is 0. The Balaban J connectivity index is 0.00000162. The first-order valence-corrected chi connectivity index (χ1v) is 5.34. The molecule has 1 fully saturated rings. The molecule has 0 saturated carbocycles. The van der Waals surface area contributed by atoms with Crippen molar-refractivity contribution in [1.82, 2.24) is 5.32 Å². The van der Waals surface area contributed by atoms with Gasteiger partial charge in [0.25, 0.3) is 0 Å². The van der Waals surface area contributed by atoms with Crippen molar-refractivity contribution in [3.05, 3.63) is 35.4 Å². The number of hydrogen-bond acceptors (Lipinski definition) is 2. The quantitative estimate of drug-likeness (QED) is 0.850. The van der Waals surface area contributed by atoms with E-state index in [0.29, 0.717) is 12.2 Å². The van der Waals surface area contributed by atoms with Crippen LogP contribution in [-0.4, -0.2) is 12.1 Å². The minimum Gasteiger partial charge on any atom is -0.357 e. The molecular formula is C12H15ClF3NO. The lowest BCUT2D eigenvalue weighted by molar-refractivity contribution is -0.137. The van der Waals surface area contributed by atoms with Crippen molar-refractivity contribution in [3.63, 3.8) is 0 Å². The van der Waals surface area contributed by atoms with E-state index in [-0.39, 0.29) is 17.9 Å². The third kappa shape index (κ3) is 3.37. The lowest BCUT2D eigenvalue weighted by Gasteiger charge is -2.18. The van der Waals surface area contributed by atoms with E-state index in [2.05, 4.69) is 5.32 Å². The highest BCUT2D eigenvalue weighted by Gasteiger charge is 2.34. The molecule has 2 rings (SSSR count). The molecule has 18 heavy (non-hydrogen) atoms. The minimum atomic E-state index is -4.32. The number of benzene rings is 1. The maximum Gasteiger partial charge on any atom is 0.416 e. The van der Waals surface area contributed by atoms with E-state index >= 15 is 0 Å². The van der Waals surface area contributed by atoms with E-state index < -0.39 is 18.0 Å². The van der Waals surface area contributed by atoms with Crippen molar-refractivity contribution in [1.29, 1.82) is 0 Å². The van der Waals surface area contributed by atoms with Gasteiger partial charge in [-0.3, -0.25) is 5.32 Å². The predicted molar refractivity (Wildman–Crippen MR) is 64.6 cm³/mol. The highest BCUT2D eigenvalue weighted by molar-refractivity contribution is 5.85. The summed E-state index contributed by atoms with van der Waals surface area (Å²) in [5.74, 6) is 0. The number of alkyl halides is 3. The minimum absolute atomic E-state index is 0. The molecule has 1 aromatic rings. The van der Waals surface area contributed by atoms with Crippen LogP contribution in [0.15, 0.2) is 24.3 Å². The predicted octanol–water partition coefficient (Wildman–Crippen LogP) is 3.52. The molecule has 1 atom stereocenters. The SMILES string of the molecule is CC1(C)COC(c2cccc(C(F)(F)F)c2)N1.Cl. The van der Waals surface area contributed by atoms with Crippen LogP contribution < -0.4 is 5.32 Å². The van der Waals surface area contributed by atoms with Gasteiger partial charge in [0, 0.05) is 5.54 Å². The molecule has 1 heterocycles. The van der Waals surface area contributed by atoms with Crippen LogP contribution in [0.1, 0.15) is 31.2 Å². The number of hydrogen-bond donors (Lipinski definition) is 1. The second-order valence-corrected chi connectivity index (χ2v) is 4.84. The molecule has 1 aromatic carbocycles. The van der Waals surface area contributed by atoms with Crippen LogP contribution in [-0.2, 0) is 10.9 Å². The Morgan fingerprint density at radius 1 is 1.33 bits per heavy atom. The zero-order valence-electron chi connectivity index (χ0n) is 10.0. The monoisotopic (exact) mass is 281 g/mol. The lowest BCUT2D eigenvalue weighted by atomic mass is 10.1. The summed E-state index contributed by atoms with van der Waals surface area (Å²) in [6, 6.07) is 5.21. The molecular weight excluding hydrogens is 267 g/mol.